The van der Waals surface area contributed by atoms with Gasteiger partial charge in [-0.3, -0.25) is 4.79 Å². The van der Waals surface area contributed by atoms with E-state index in [1.165, 1.54) is 57.8 Å². The summed E-state index contributed by atoms with van der Waals surface area (Å²) in [6, 6.07) is 0. The minimum absolute atomic E-state index is 0. The minimum atomic E-state index is 0. The number of hydrogen-bond acceptors (Lipinski definition) is 1. The number of unbranched alkanes of at least 4 members (excludes halogenated alkanes) is 8. The van der Waals surface area contributed by atoms with E-state index >= 15 is 0 Å². The topological polar surface area (TPSA) is 17.1 Å². The second-order valence-corrected chi connectivity index (χ2v) is 6.54. The Morgan fingerprint density at radius 1 is 0.810 bits per heavy atom. The SMILES string of the molecule is CCCCC/C=C\C/C=C\CCCCCCCC(=O)I.[AlH3]. The summed E-state index contributed by atoms with van der Waals surface area (Å²) in [4.78, 5) is 10.7. The van der Waals surface area contributed by atoms with Crippen LogP contribution in [-0.4, -0.2) is 21.2 Å². The summed E-state index contributed by atoms with van der Waals surface area (Å²) in [5, 5.41) is 0. The molecule has 0 N–H and O–H groups in total. The first kappa shape index (κ1) is 23.7. The molecule has 0 aliphatic carbocycles. The first-order valence-electron chi connectivity index (χ1n) is 8.25. The molecule has 0 spiro atoms. The molecule has 122 valence electrons. The Morgan fingerprint density at radius 3 is 1.90 bits per heavy atom. The van der Waals surface area contributed by atoms with E-state index < -0.39 is 0 Å². The highest BCUT2D eigenvalue weighted by Crippen LogP contribution is 2.09. The van der Waals surface area contributed by atoms with Crippen molar-refractivity contribution in [2.45, 2.75) is 84.0 Å². The summed E-state index contributed by atoms with van der Waals surface area (Å²) in [5.74, 6) is 0. The molecule has 0 radical (unpaired) electrons. The van der Waals surface area contributed by atoms with Gasteiger partial charge in [-0.25, -0.2) is 0 Å². The molecule has 0 rings (SSSR count). The van der Waals surface area contributed by atoms with E-state index in [1.54, 1.807) is 0 Å². The number of carbonyl (C=O) groups excluding carboxylic acids is 1. The number of rotatable bonds is 14. The third-order valence-electron chi connectivity index (χ3n) is 3.32. The maximum Gasteiger partial charge on any atom is 0.192 e. The lowest BCUT2D eigenvalue weighted by atomic mass is 10.1. The zero-order valence-electron chi connectivity index (χ0n) is 13.1. The molecule has 0 fully saturated rings. The molecule has 0 unspecified atom stereocenters. The monoisotopic (exact) mass is 420 g/mol. The first-order chi connectivity index (χ1) is 9.77. The van der Waals surface area contributed by atoms with Crippen LogP contribution in [0.1, 0.15) is 84.0 Å². The predicted octanol–water partition coefficient (Wildman–Crippen LogP) is 5.58. The van der Waals surface area contributed by atoms with Gasteiger partial charge < -0.3 is 0 Å². The molecule has 21 heavy (non-hydrogen) atoms. The Morgan fingerprint density at radius 2 is 1.33 bits per heavy atom. The molecule has 0 aliphatic rings. The van der Waals surface area contributed by atoms with Crippen molar-refractivity contribution in [1.82, 2.24) is 0 Å². The highest BCUT2D eigenvalue weighted by molar-refractivity contribution is 14.1. The largest absolute Gasteiger partial charge is 0.288 e. The van der Waals surface area contributed by atoms with Crippen LogP contribution >= 0.6 is 22.6 Å². The zero-order valence-corrected chi connectivity index (χ0v) is 15.2. The fourth-order valence-corrected chi connectivity index (χ4v) is 2.46. The van der Waals surface area contributed by atoms with E-state index in [-0.39, 0.29) is 17.4 Å². The minimum Gasteiger partial charge on any atom is -0.288 e. The Bertz CT molecular complexity index is 274. The molecule has 3 heteroatoms. The van der Waals surface area contributed by atoms with Crippen molar-refractivity contribution < 1.29 is 4.79 Å². The number of halogens is 1. The van der Waals surface area contributed by atoms with E-state index in [0.29, 0.717) is 3.79 Å². The van der Waals surface area contributed by atoms with Gasteiger partial charge in [0.15, 0.2) is 21.2 Å². The van der Waals surface area contributed by atoms with Gasteiger partial charge in [0, 0.05) is 6.42 Å². The third kappa shape index (κ3) is 22.8. The van der Waals surface area contributed by atoms with Gasteiger partial charge in [-0.2, -0.15) is 0 Å². The van der Waals surface area contributed by atoms with Gasteiger partial charge in [-0.05, 0) is 61.1 Å². The molecule has 0 atom stereocenters. The Labute approximate surface area is 156 Å². The normalized spacial score (nSPS) is 11.1. The van der Waals surface area contributed by atoms with Crippen molar-refractivity contribution in [1.29, 1.82) is 0 Å². The second kappa shape index (κ2) is 20.4. The maximum absolute atomic E-state index is 10.7. The van der Waals surface area contributed by atoms with Crippen molar-refractivity contribution in [3.05, 3.63) is 24.3 Å². The molecular weight excluding hydrogens is 386 g/mol. The summed E-state index contributed by atoms with van der Waals surface area (Å²) < 4.78 is 0.299. The first-order valence-corrected chi connectivity index (χ1v) is 9.33. The van der Waals surface area contributed by atoms with E-state index in [1.807, 2.05) is 22.6 Å². The Hall–Kier alpha value is 0.412. The molecule has 0 aromatic heterocycles. The van der Waals surface area contributed by atoms with Crippen LogP contribution < -0.4 is 0 Å². The molecule has 0 amide bonds. The van der Waals surface area contributed by atoms with E-state index in [4.69, 9.17) is 0 Å². The average molecular weight is 420 g/mol. The van der Waals surface area contributed by atoms with Crippen LogP contribution in [0.15, 0.2) is 24.3 Å². The van der Waals surface area contributed by atoms with E-state index in [2.05, 4.69) is 31.2 Å². The van der Waals surface area contributed by atoms with Crippen LogP contribution in [0.3, 0.4) is 0 Å². The van der Waals surface area contributed by atoms with Gasteiger partial charge in [-0.15, -0.1) is 0 Å². The van der Waals surface area contributed by atoms with Crippen LogP contribution in [0.4, 0.5) is 0 Å². The summed E-state index contributed by atoms with van der Waals surface area (Å²) in [5.41, 5.74) is 0. The van der Waals surface area contributed by atoms with Gasteiger partial charge >= 0.3 is 0 Å². The predicted molar refractivity (Wildman–Crippen MR) is 108 cm³/mol. The van der Waals surface area contributed by atoms with Crippen molar-refractivity contribution in [3.8, 4) is 0 Å². The Kier molecular flexibility index (Phi) is 23.0. The molecule has 0 heterocycles. The summed E-state index contributed by atoms with van der Waals surface area (Å²) >= 11 is 1.89. The fraction of sp³-hybridized carbons (Fsp3) is 0.722. The van der Waals surface area contributed by atoms with Crippen molar-refractivity contribution in [2.75, 3.05) is 0 Å². The van der Waals surface area contributed by atoms with Crippen LogP contribution in [-0.2, 0) is 4.79 Å². The highest BCUT2D eigenvalue weighted by atomic mass is 127. The molecule has 0 saturated heterocycles. The molecule has 0 aliphatic heterocycles. The summed E-state index contributed by atoms with van der Waals surface area (Å²) in [6.45, 7) is 2.25. The molecule has 0 saturated carbocycles. The number of hydrogen-bond donors (Lipinski definition) is 0. The van der Waals surface area contributed by atoms with E-state index in [9.17, 15) is 4.79 Å². The molecule has 0 bridgehead atoms. The van der Waals surface area contributed by atoms with E-state index in [0.717, 1.165) is 19.3 Å². The van der Waals surface area contributed by atoms with Crippen molar-refractivity contribution >= 4 is 43.7 Å². The summed E-state index contributed by atoms with van der Waals surface area (Å²) in [6.07, 6.45) is 23.6. The van der Waals surface area contributed by atoms with Crippen molar-refractivity contribution in [3.63, 3.8) is 0 Å². The fourth-order valence-electron chi connectivity index (χ4n) is 2.08. The van der Waals surface area contributed by atoms with Gasteiger partial charge in [0.2, 0.25) is 0 Å². The van der Waals surface area contributed by atoms with Crippen LogP contribution in [0.5, 0.6) is 0 Å². The molecule has 0 aromatic carbocycles. The third-order valence-corrected chi connectivity index (χ3v) is 3.86. The molecule has 1 nitrogen and oxygen atoms in total. The van der Waals surface area contributed by atoms with Crippen LogP contribution in [0.2, 0.25) is 0 Å². The number of allylic oxidation sites excluding steroid dienone is 4. The van der Waals surface area contributed by atoms with Gasteiger partial charge in [0.1, 0.15) is 0 Å². The van der Waals surface area contributed by atoms with Crippen LogP contribution in [0, 0.1) is 0 Å². The van der Waals surface area contributed by atoms with Gasteiger partial charge in [-0.1, -0.05) is 63.3 Å². The second-order valence-electron chi connectivity index (χ2n) is 5.34. The maximum atomic E-state index is 10.7. The average Bonchev–Trinajstić information content (AvgIpc) is 2.43. The molecule has 0 aromatic rings. The highest BCUT2D eigenvalue weighted by Gasteiger charge is 1.94. The lowest BCUT2D eigenvalue weighted by Crippen LogP contribution is -1.85. The smallest absolute Gasteiger partial charge is 0.192 e. The molecular formula is C18H34AlIO. The van der Waals surface area contributed by atoms with Gasteiger partial charge in [0.05, 0.1) is 0 Å². The quantitative estimate of drug-likeness (QED) is 0.118. The van der Waals surface area contributed by atoms with Crippen LogP contribution in [0.25, 0.3) is 0 Å². The van der Waals surface area contributed by atoms with Gasteiger partial charge in [0.25, 0.3) is 0 Å². The number of carbonyl (C=O) groups is 1. The zero-order chi connectivity index (χ0) is 14.9. The Balaban J connectivity index is 0. The van der Waals surface area contributed by atoms with Crippen molar-refractivity contribution in [2.24, 2.45) is 0 Å². The lowest BCUT2D eigenvalue weighted by Gasteiger charge is -1.98. The summed E-state index contributed by atoms with van der Waals surface area (Å²) in [7, 11) is 0. The lowest BCUT2D eigenvalue weighted by molar-refractivity contribution is -0.109. The standard InChI is InChI=1S/C18H31IO.Al.3H/c1-2-3-4-5-6-7-8-9-10-11-12-13-14-15-16-17-18(19)20;;;;/h6-7,9-10H,2-5,8,11-17H2,1H3;;;;/b7-6-,10-9-;;;;.